The molecule has 2 aromatic rings. The van der Waals surface area contributed by atoms with Gasteiger partial charge < -0.3 is 15.5 Å². The van der Waals surface area contributed by atoms with Gasteiger partial charge >= 0.3 is 6.03 Å². The van der Waals surface area contributed by atoms with Crippen LogP contribution in [0.25, 0.3) is 0 Å². The molecule has 1 aliphatic rings. The summed E-state index contributed by atoms with van der Waals surface area (Å²) in [5, 5.41) is 5.69. The zero-order valence-corrected chi connectivity index (χ0v) is 13.6. The summed E-state index contributed by atoms with van der Waals surface area (Å²) in [6.07, 6.45) is 4.43. The summed E-state index contributed by atoms with van der Waals surface area (Å²) in [7, 11) is 0. The number of amides is 3. The number of carbonyl (C=O) groups is 2. The predicted molar refractivity (Wildman–Crippen MR) is 91.6 cm³/mol. The molecule has 0 fully saturated rings. The van der Waals surface area contributed by atoms with Gasteiger partial charge in [0, 0.05) is 43.3 Å². The van der Waals surface area contributed by atoms with Crippen molar-refractivity contribution in [2.75, 3.05) is 11.9 Å². The molecule has 124 valence electrons. The van der Waals surface area contributed by atoms with E-state index in [1.165, 1.54) is 0 Å². The number of benzene rings is 1. The first-order chi connectivity index (χ1) is 11.7. The second-order valence-electron chi connectivity index (χ2n) is 5.76. The molecule has 0 atom stereocenters. The highest BCUT2D eigenvalue weighted by molar-refractivity contribution is 5.95. The van der Waals surface area contributed by atoms with Gasteiger partial charge in [0.05, 0.1) is 0 Å². The van der Waals surface area contributed by atoms with E-state index in [0.29, 0.717) is 30.9 Å². The van der Waals surface area contributed by atoms with Crippen molar-refractivity contribution in [3.8, 4) is 0 Å². The first kappa shape index (κ1) is 16.0. The maximum absolute atomic E-state index is 12.4. The molecule has 0 aliphatic carbocycles. The molecule has 0 bridgehead atoms. The van der Waals surface area contributed by atoms with E-state index < -0.39 is 0 Å². The van der Waals surface area contributed by atoms with E-state index >= 15 is 0 Å². The molecule has 3 rings (SSSR count). The Morgan fingerprint density at radius 3 is 2.58 bits per heavy atom. The molecule has 24 heavy (non-hydrogen) atoms. The fourth-order valence-corrected chi connectivity index (χ4v) is 2.61. The molecule has 0 unspecified atom stereocenters. The minimum Gasteiger partial charge on any atom is -0.352 e. The number of anilines is 1. The number of rotatable bonds is 4. The molecule has 0 saturated heterocycles. The number of hydrogen-bond donors (Lipinski definition) is 2. The van der Waals surface area contributed by atoms with Crippen LogP contribution in [0.2, 0.25) is 0 Å². The zero-order chi connectivity index (χ0) is 16.9. The van der Waals surface area contributed by atoms with E-state index in [2.05, 4.69) is 15.6 Å². The SMILES string of the molecule is CCCNC(=O)c1ccc(NC(=O)N2Cc3ccncc3C2)cc1. The Morgan fingerprint density at radius 1 is 1.12 bits per heavy atom. The van der Waals surface area contributed by atoms with Crippen LogP contribution >= 0.6 is 0 Å². The Hall–Kier alpha value is -2.89. The van der Waals surface area contributed by atoms with Crippen molar-refractivity contribution in [3.05, 3.63) is 59.4 Å². The highest BCUT2D eigenvalue weighted by Gasteiger charge is 2.23. The summed E-state index contributed by atoms with van der Waals surface area (Å²) in [4.78, 5) is 30.0. The summed E-state index contributed by atoms with van der Waals surface area (Å²) in [6, 6.07) is 8.68. The summed E-state index contributed by atoms with van der Waals surface area (Å²) >= 11 is 0. The normalized spacial score (nSPS) is 12.6. The lowest BCUT2D eigenvalue weighted by Gasteiger charge is -2.16. The molecular weight excluding hydrogens is 304 g/mol. The summed E-state index contributed by atoms with van der Waals surface area (Å²) in [5.74, 6) is -0.0998. The average molecular weight is 324 g/mol. The molecule has 0 radical (unpaired) electrons. The number of pyridine rings is 1. The lowest BCUT2D eigenvalue weighted by atomic mass is 10.2. The van der Waals surface area contributed by atoms with Crippen LogP contribution in [0.5, 0.6) is 0 Å². The number of nitrogens with zero attached hydrogens (tertiary/aromatic N) is 2. The molecule has 0 saturated carbocycles. The van der Waals surface area contributed by atoms with E-state index in [1.54, 1.807) is 41.6 Å². The van der Waals surface area contributed by atoms with Gasteiger partial charge in [-0.1, -0.05) is 6.92 Å². The molecule has 0 spiro atoms. The average Bonchev–Trinajstić information content (AvgIpc) is 3.04. The highest BCUT2D eigenvalue weighted by Crippen LogP contribution is 2.22. The number of aromatic nitrogens is 1. The molecular formula is C18H20N4O2. The van der Waals surface area contributed by atoms with E-state index in [-0.39, 0.29) is 11.9 Å². The molecule has 1 aromatic carbocycles. The van der Waals surface area contributed by atoms with Gasteiger partial charge in [0.2, 0.25) is 0 Å². The van der Waals surface area contributed by atoms with Gasteiger partial charge in [-0.2, -0.15) is 0 Å². The fraction of sp³-hybridized carbons (Fsp3) is 0.278. The molecule has 6 heteroatoms. The van der Waals surface area contributed by atoms with Gasteiger partial charge in [-0.25, -0.2) is 4.79 Å². The Kier molecular flexibility index (Phi) is 4.74. The van der Waals surface area contributed by atoms with Gasteiger partial charge in [-0.05, 0) is 47.9 Å². The second-order valence-corrected chi connectivity index (χ2v) is 5.76. The van der Waals surface area contributed by atoms with Crippen molar-refractivity contribution < 1.29 is 9.59 Å². The standard InChI is InChI=1S/C18H20N4O2/c1-2-8-20-17(23)13-3-5-16(6-4-13)21-18(24)22-11-14-7-9-19-10-15(14)12-22/h3-7,9-10H,2,8,11-12H2,1H3,(H,20,23)(H,21,24). The van der Waals surface area contributed by atoms with Crippen LogP contribution in [0.3, 0.4) is 0 Å². The van der Waals surface area contributed by atoms with Crippen LogP contribution in [0.1, 0.15) is 34.8 Å². The highest BCUT2D eigenvalue weighted by atomic mass is 16.2. The molecule has 3 amide bonds. The first-order valence-corrected chi connectivity index (χ1v) is 8.03. The van der Waals surface area contributed by atoms with Crippen LogP contribution < -0.4 is 10.6 Å². The third kappa shape index (κ3) is 3.53. The molecule has 1 aromatic heterocycles. The maximum atomic E-state index is 12.4. The summed E-state index contributed by atoms with van der Waals surface area (Å²) in [5.41, 5.74) is 3.46. The van der Waals surface area contributed by atoms with Crippen LogP contribution in [0, 0.1) is 0 Å². The fourth-order valence-electron chi connectivity index (χ4n) is 2.61. The van der Waals surface area contributed by atoms with E-state index in [1.807, 2.05) is 13.0 Å². The van der Waals surface area contributed by atoms with Crippen molar-refractivity contribution in [2.45, 2.75) is 26.4 Å². The molecule has 1 aliphatic heterocycles. The van der Waals surface area contributed by atoms with E-state index in [9.17, 15) is 9.59 Å². The quantitative estimate of drug-likeness (QED) is 0.908. The number of nitrogens with one attached hydrogen (secondary N) is 2. The van der Waals surface area contributed by atoms with Gasteiger partial charge in [-0.3, -0.25) is 9.78 Å². The number of carbonyl (C=O) groups excluding carboxylic acids is 2. The Morgan fingerprint density at radius 2 is 1.88 bits per heavy atom. The first-order valence-electron chi connectivity index (χ1n) is 8.03. The van der Waals surface area contributed by atoms with Crippen LogP contribution in [-0.4, -0.2) is 28.4 Å². The Labute approximate surface area is 140 Å². The van der Waals surface area contributed by atoms with Crippen molar-refractivity contribution in [2.24, 2.45) is 0 Å². The maximum Gasteiger partial charge on any atom is 0.322 e. The van der Waals surface area contributed by atoms with Crippen LogP contribution in [0.4, 0.5) is 10.5 Å². The smallest absolute Gasteiger partial charge is 0.322 e. The van der Waals surface area contributed by atoms with Gasteiger partial charge in [0.25, 0.3) is 5.91 Å². The Bertz CT molecular complexity index is 718. The van der Waals surface area contributed by atoms with Crippen LogP contribution in [-0.2, 0) is 13.1 Å². The summed E-state index contributed by atoms with van der Waals surface area (Å²) < 4.78 is 0. The van der Waals surface area contributed by atoms with Crippen molar-refractivity contribution in [1.29, 1.82) is 0 Å². The van der Waals surface area contributed by atoms with Crippen LogP contribution in [0.15, 0.2) is 42.7 Å². The third-order valence-corrected chi connectivity index (χ3v) is 3.95. The van der Waals surface area contributed by atoms with Gasteiger partial charge in [0.1, 0.15) is 0 Å². The molecule has 2 heterocycles. The minimum atomic E-state index is -0.158. The second kappa shape index (κ2) is 7.12. The number of hydrogen-bond acceptors (Lipinski definition) is 3. The van der Waals surface area contributed by atoms with E-state index in [0.717, 1.165) is 17.5 Å². The lowest BCUT2D eigenvalue weighted by molar-refractivity contribution is 0.0953. The van der Waals surface area contributed by atoms with Gasteiger partial charge in [0.15, 0.2) is 0 Å². The number of urea groups is 1. The number of fused-ring (bicyclic) bond motifs is 1. The topological polar surface area (TPSA) is 74.3 Å². The molecule has 2 N–H and O–H groups in total. The van der Waals surface area contributed by atoms with Gasteiger partial charge in [-0.15, -0.1) is 0 Å². The van der Waals surface area contributed by atoms with Crippen molar-refractivity contribution >= 4 is 17.6 Å². The minimum absolute atomic E-state index is 0.0998. The monoisotopic (exact) mass is 324 g/mol. The predicted octanol–water partition coefficient (Wildman–Crippen LogP) is 2.77. The lowest BCUT2D eigenvalue weighted by Crippen LogP contribution is -2.30. The van der Waals surface area contributed by atoms with Crippen molar-refractivity contribution in [3.63, 3.8) is 0 Å². The zero-order valence-electron chi connectivity index (χ0n) is 13.6. The third-order valence-electron chi connectivity index (χ3n) is 3.95. The largest absolute Gasteiger partial charge is 0.352 e. The Balaban J connectivity index is 1.58. The van der Waals surface area contributed by atoms with E-state index in [4.69, 9.17) is 0 Å². The molecule has 6 nitrogen and oxygen atoms in total. The van der Waals surface area contributed by atoms with Crippen molar-refractivity contribution in [1.82, 2.24) is 15.2 Å². The summed E-state index contributed by atoms with van der Waals surface area (Å²) in [6.45, 7) is 3.81.